The first-order chi connectivity index (χ1) is 7.74. The van der Waals surface area contributed by atoms with E-state index < -0.39 is 0 Å². The van der Waals surface area contributed by atoms with Gasteiger partial charge < -0.3 is 10.2 Å². The second kappa shape index (κ2) is 5.48. The highest BCUT2D eigenvalue weighted by Gasteiger charge is 2.38. The third-order valence-electron chi connectivity index (χ3n) is 4.48. The number of nitrogens with zero attached hydrogens (tertiary/aromatic N) is 1. The van der Waals surface area contributed by atoms with Gasteiger partial charge in [-0.25, -0.2) is 0 Å². The van der Waals surface area contributed by atoms with Crippen molar-refractivity contribution in [3.63, 3.8) is 0 Å². The van der Waals surface area contributed by atoms with E-state index in [0.29, 0.717) is 12.0 Å². The van der Waals surface area contributed by atoms with Crippen LogP contribution in [-0.2, 0) is 0 Å². The van der Waals surface area contributed by atoms with E-state index in [-0.39, 0.29) is 18.8 Å². The van der Waals surface area contributed by atoms with Gasteiger partial charge in [-0.3, -0.25) is 4.90 Å². The van der Waals surface area contributed by atoms with Gasteiger partial charge in [0.05, 0.1) is 12.7 Å². The first-order valence-electron chi connectivity index (χ1n) is 6.78. The molecule has 2 rings (SSSR count). The zero-order valence-electron chi connectivity index (χ0n) is 10.3. The van der Waals surface area contributed by atoms with Crippen LogP contribution in [0.25, 0.3) is 0 Å². The SMILES string of the molecule is CC1CCN(C2CCCCCC2O)C1CO. The zero-order chi connectivity index (χ0) is 11.5. The highest BCUT2D eigenvalue weighted by atomic mass is 16.3. The van der Waals surface area contributed by atoms with Gasteiger partial charge >= 0.3 is 0 Å². The van der Waals surface area contributed by atoms with Crippen LogP contribution in [0.1, 0.15) is 45.4 Å². The van der Waals surface area contributed by atoms with Crippen molar-refractivity contribution in [1.29, 1.82) is 0 Å². The molecule has 94 valence electrons. The highest BCUT2D eigenvalue weighted by Crippen LogP contribution is 2.31. The molecule has 3 heteroatoms. The standard InChI is InChI=1S/C13H25NO2/c1-10-7-8-14(12(10)9-15)11-5-3-2-4-6-13(11)16/h10-13,15-16H,2-9H2,1H3. The second-order valence-electron chi connectivity index (χ2n) is 5.53. The fourth-order valence-corrected chi connectivity index (χ4v) is 3.39. The lowest BCUT2D eigenvalue weighted by Crippen LogP contribution is -2.48. The van der Waals surface area contributed by atoms with Crippen molar-refractivity contribution in [3.05, 3.63) is 0 Å². The van der Waals surface area contributed by atoms with E-state index in [9.17, 15) is 10.2 Å². The molecule has 0 bridgehead atoms. The molecular formula is C13H25NO2. The molecule has 3 nitrogen and oxygen atoms in total. The number of aliphatic hydroxyl groups excluding tert-OH is 2. The first kappa shape index (κ1) is 12.3. The summed E-state index contributed by atoms with van der Waals surface area (Å²) in [6, 6.07) is 0.572. The van der Waals surface area contributed by atoms with Crippen LogP contribution >= 0.6 is 0 Å². The van der Waals surface area contributed by atoms with Gasteiger partial charge in [-0.05, 0) is 31.7 Å². The van der Waals surface area contributed by atoms with Crippen LogP contribution in [0.2, 0.25) is 0 Å². The second-order valence-corrected chi connectivity index (χ2v) is 5.53. The van der Waals surface area contributed by atoms with Crippen molar-refractivity contribution in [2.45, 2.75) is 63.6 Å². The summed E-state index contributed by atoms with van der Waals surface area (Å²) in [5.41, 5.74) is 0. The normalized spacial score (nSPS) is 42.2. The Morgan fingerprint density at radius 1 is 1.12 bits per heavy atom. The predicted octanol–water partition coefficient (Wildman–Crippen LogP) is 1.38. The number of likely N-dealkylation sites (tertiary alicyclic amines) is 1. The van der Waals surface area contributed by atoms with Crippen LogP contribution in [0.4, 0.5) is 0 Å². The Morgan fingerprint density at radius 3 is 2.62 bits per heavy atom. The van der Waals surface area contributed by atoms with Gasteiger partial charge in [-0.2, -0.15) is 0 Å². The number of aliphatic hydroxyl groups is 2. The Morgan fingerprint density at radius 2 is 1.88 bits per heavy atom. The number of hydrogen-bond acceptors (Lipinski definition) is 3. The molecule has 0 spiro atoms. The van der Waals surface area contributed by atoms with Crippen LogP contribution in [0, 0.1) is 5.92 Å². The van der Waals surface area contributed by atoms with Crippen LogP contribution in [-0.4, -0.2) is 46.5 Å². The van der Waals surface area contributed by atoms with Gasteiger partial charge in [0.2, 0.25) is 0 Å². The Hall–Kier alpha value is -0.120. The van der Waals surface area contributed by atoms with E-state index in [1.807, 2.05) is 0 Å². The molecule has 16 heavy (non-hydrogen) atoms. The zero-order valence-corrected chi connectivity index (χ0v) is 10.3. The van der Waals surface area contributed by atoms with E-state index in [1.165, 1.54) is 12.8 Å². The molecule has 1 saturated heterocycles. The van der Waals surface area contributed by atoms with Crippen LogP contribution in [0.5, 0.6) is 0 Å². The van der Waals surface area contributed by atoms with Crippen molar-refractivity contribution < 1.29 is 10.2 Å². The van der Waals surface area contributed by atoms with E-state index >= 15 is 0 Å². The molecule has 1 heterocycles. The molecule has 4 unspecified atom stereocenters. The molecule has 1 saturated carbocycles. The van der Waals surface area contributed by atoms with Crippen molar-refractivity contribution in [2.24, 2.45) is 5.92 Å². The van der Waals surface area contributed by atoms with Gasteiger partial charge in [-0.15, -0.1) is 0 Å². The Labute approximate surface area is 98.5 Å². The molecule has 4 atom stereocenters. The molecule has 0 aromatic rings. The largest absolute Gasteiger partial charge is 0.395 e. The highest BCUT2D eigenvalue weighted by molar-refractivity contribution is 4.92. The Kier molecular flexibility index (Phi) is 4.22. The summed E-state index contributed by atoms with van der Waals surface area (Å²) in [6.45, 7) is 3.50. The molecule has 2 N–H and O–H groups in total. The first-order valence-corrected chi connectivity index (χ1v) is 6.78. The summed E-state index contributed by atoms with van der Waals surface area (Å²) in [5.74, 6) is 0.570. The Balaban J connectivity index is 2.04. The quantitative estimate of drug-likeness (QED) is 0.701. The van der Waals surface area contributed by atoms with Gasteiger partial charge in [0.15, 0.2) is 0 Å². The molecule has 1 aliphatic heterocycles. The van der Waals surface area contributed by atoms with Crippen molar-refractivity contribution >= 4 is 0 Å². The minimum atomic E-state index is -0.179. The molecule has 0 aromatic carbocycles. The fraction of sp³-hybridized carbons (Fsp3) is 1.00. The molecule has 0 radical (unpaired) electrons. The summed E-state index contributed by atoms with van der Waals surface area (Å²) in [6.07, 6.45) is 6.66. The van der Waals surface area contributed by atoms with Gasteiger partial charge in [0.25, 0.3) is 0 Å². The van der Waals surface area contributed by atoms with Crippen molar-refractivity contribution in [2.75, 3.05) is 13.2 Å². The third kappa shape index (κ3) is 2.41. The smallest absolute Gasteiger partial charge is 0.0695 e. The molecule has 2 aliphatic rings. The van der Waals surface area contributed by atoms with Gasteiger partial charge in [0.1, 0.15) is 0 Å². The molecule has 2 fully saturated rings. The average Bonchev–Trinajstić information content (AvgIpc) is 2.50. The van der Waals surface area contributed by atoms with E-state index in [1.54, 1.807) is 0 Å². The monoisotopic (exact) mass is 227 g/mol. The summed E-state index contributed by atoms with van der Waals surface area (Å²) in [5, 5.41) is 19.7. The van der Waals surface area contributed by atoms with Crippen LogP contribution < -0.4 is 0 Å². The summed E-state index contributed by atoms with van der Waals surface area (Å²) >= 11 is 0. The fourth-order valence-electron chi connectivity index (χ4n) is 3.39. The lowest BCUT2D eigenvalue weighted by molar-refractivity contribution is 0.0173. The number of hydrogen-bond donors (Lipinski definition) is 2. The number of rotatable bonds is 2. The summed E-state index contributed by atoms with van der Waals surface area (Å²) < 4.78 is 0. The van der Waals surface area contributed by atoms with Crippen LogP contribution in [0.3, 0.4) is 0 Å². The molecule has 0 amide bonds. The van der Waals surface area contributed by atoms with E-state index in [0.717, 1.165) is 32.2 Å². The van der Waals surface area contributed by atoms with Gasteiger partial charge in [-0.1, -0.05) is 26.2 Å². The Bertz CT molecular complexity index is 222. The summed E-state index contributed by atoms with van der Waals surface area (Å²) in [4.78, 5) is 2.38. The molecule has 0 aromatic heterocycles. The topological polar surface area (TPSA) is 43.7 Å². The van der Waals surface area contributed by atoms with Crippen molar-refractivity contribution in [1.82, 2.24) is 4.90 Å². The summed E-state index contributed by atoms with van der Waals surface area (Å²) in [7, 11) is 0. The van der Waals surface area contributed by atoms with E-state index in [4.69, 9.17) is 0 Å². The van der Waals surface area contributed by atoms with Gasteiger partial charge in [0, 0.05) is 12.1 Å². The maximum absolute atomic E-state index is 10.2. The lowest BCUT2D eigenvalue weighted by atomic mass is 10.00. The molecular weight excluding hydrogens is 202 g/mol. The maximum Gasteiger partial charge on any atom is 0.0695 e. The molecule has 1 aliphatic carbocycles. The van der Waals surface area contributed by atoms with E-state index in [2.05, 4.69) is 11.8 Å². The minimum absolute atomic E-state index is 0.179. The third-order valence-corrected chi connectivity index (χ3v) is 4.48. The van der Waals surface area contributed by atoms with Crippen molar-refractivity contribution in [3.8, 4) is 0 Å². The predicted molar refractivity (Wildman–Crippen MR) is 64.2 cm³/mol. The van der Waals surface area contributed by atoms with Crippen LogP contribution in [0.15, 0.2) is 0 Å². The lowest BCUT2D eigenvalue weighted by Gasteiger charge is -2.35. The maximum atomic E-state index is 10.2. The minimum Gasteiger partial charge on any atom is -0.395 e. The average molecular weight is 227 g/mol.